The second-order valence-electron chi connectivity index (χ2n) is 4.79. The van der Waals surface area contributed by atoms with Gasteiger partial charge in [-0.2, -0.15) is 0 Å². The number of nitrogens with one attached hydrogen (secondary N) is 1. The van der Waals surface area contributed by atoms with Crippen LogP contribution < -0.4 is 14.8 Å². The molecule has 0 spiro atoms. The number of carboxylic acids is 1. The maximum atomic E-state index is 11.5. The zero-order valence-corrected chi connectivity index (χ0v) is 13.5. The number of carbonyl (C=O) groups excluding carboxylic acids is 1. The van der Waals surface area contributed by atoms with Crippen molar-refractivity contribution in [2.24, 2.45) is 0 Å². The standard InChI is InChI=1S/C17H23NO5/c1-3-5-10-23-14-8-6-13(11-15(14)22-4-2)7-9-16(19)18-12-17(20)21/h6-9,11H,3-5,10,12H2,1-2H3,(H,18,19)(H,20,21)/b9-7+. The maximum Gasteiger partial charge on any atom is 0.322 e. The molecule has 1 rings (SSSR count). The first kappa shape index (κ1) is 18.5. The summed E-state index contributed by atoms with van der Waals surface area (Å²) in [6.45, 7) is 4.71. The van der Waals surface area contributed by atoms with Crippen molar-refractivity contribution in [3.8, 4) is 11.5 Å². The number of unbranched alkanes of at least 4 members (excludes halogenated alkanes) is 1. The smallest absolute Gasteiger partial charge is 0.322 e. The lowest BCUT2D eigenvalue weighted by Gasteiger charge is -2.12. The highest BCUT2D eigenvalue weighted by atomic mass is 16.5. The average Bonchev–Trinajstić information content (AvgIpc) is 2.53. The lowest BCUT2D eigenvalue weighted by molar-refractivity contribution is -0.137. The van der Waals surface area contributed by atoms with Crippen molar-refractivity contribution in [1.29, 1.82) is 0 Å². The van der Waals surface area contributed by atoms with E-state index in [9.17, 15) is 9.59 Å². The molecule has 0 atom stereocenters. The minimum atomic E-state index is -1.08. The molecule has 1 amide bonds. The second-order valence-corrected chi connectivity index (χ2v) is 4.79. The SMILES string of the molecule is CCCCOc1ccc(/C=C/C(=O)NCC(=O)O)cc1OCC. The molecule has 0 aliphatic heterocycles. The summed E-state index contributed by atoms with van der Waals surface area (Å²) < 4.78 is 11.2. The van der Waals surface area contributed by atoms with Gasteiger partial charge in [0.15, 0.2) is 11.5 Å². The third-order valence-corrected chi connectivity index (χ3v) is 2.86. The minimum Gasteiger partial charge on any atom is -0.490 e. The molecular formula is C17H23NO5. The van der Waals surface area contributed by atoms with Crippen molar-refractivity contribution in [3.05, 3.63) is 29.8 Å². The molecule has 6 nitrogen and oxygen atoms in total. The molecule has 0 bridgehead atoms. The number of hydrogen-bond acceptors (Lipinski definition) is 4. The number of carbonyl (C=O) groups is 2. The number of hydrogen-bond donors (Lipinski definition) is 2. The molecule has 23 heavy (non-hydrogen) atoms. The Morgan fingerprint density at radius 1 is 1.22 bits per heavy atom. The van der Waals surface area contributed by atoms with Gasteiger partial charge in [-0.15, -0.1) is 0 Å². The van der Waals surface area contributed by atoms with Gasteiger partial charge in [-0.1, -0.05) is 19.4 Å². The molecule has 1 aromatic rings. The highest BCUT2D eigenvalue weighted by Crippen LogP contribution is 2.29. The molecule has 1 aromatic carbocycles. The fourth-order valence-corrected chi connectivity index (χ4v) is 1.74. The largest absolute Gasteiger partial charge is 0.490 e. The van der Waals surface area contributed by atoms with Crippen LogP contribution in [0.25, 0.3) is 6.08 Å². The highest BCUT2D eigenvalue weighted by molar-refractivity contribution is 5.93. The van der Waals surface area contributed by atoms with Crippen LogP contribution >= 0.6 is 0 Å². The van der Waals surface area contributed by atoms with E-state index in [-0.39, 0.29) is 0 Å². The van der Waals surface area contributed by atoms with Gasteiger partial charge in [0.25, 0.3) is 0 Å². The third-order valence-electron chi connectivity index (χ3n) is 2.86. The number of carboxylic acid groups (broad SMARTS) is 1. The van der Waals surface area contributed by atoms with Crippen LogP contribution in [0.1, 0.15) is 32.3 Å². The fourth-order valence-electron chi connectivity index (χ4n) is 1.74. The molecule has 0 saturated heterocycles. The van der Waals surface area contributed by atoms with E-state index in [2.05, 4.69) is 12.2 Å². The fraction of sp³-hybridized carbons (Fsp3) is 0.412. The number of rotatable bonds is 10. The first-order valence-electron chi connectivity index (χ1n) is 7.64. The van der Waals surface area contributed by atoms with Crippen molar-refractivity contribution >= 4 is 18.0 Å². The Bertz CT molecular complexity index is 554. The first-order valence-corrected chi connectivity index (χ1v) is 7.64. The Morgan fingerprint density at radius 2 is 2.00 bits per heavy atom. The van der Waals surface area contributed by atoms with E-state index < -0.39 is 18.4 Å². The molecule has 0 unspecified atom stereocenters. The zero-order chi connectivity index (χ0) is 17.1. The Hall–Kier alpha value is -2.50. The summed E-state index contributed by atoms with van der Waals surface area (Å²) in [5.41, 5.74) is 0.766. The summed E-state index contributed by atoms with van der Waals surface area (Å²) in [4.78, 5) is 21.8. The number of amides is 1. The molecule has 0 radical (unpaired) electrons. The van der Waals surface area contributed by atoms with Gasteiger partial charge >= 0.3 is 5.97 Å². The number of aliphatic carboxylic acids is 1. The molecule has 0 aromatic heterocycles. The van der Waals surface area contributed by atoms with Crippen LogP contribution in [-0.4, -0.2) is 36.7 Å². The van der Waals surface area contributed by atoms with E-state index in [0.29, 0.717) is 24.7 Å². The minimum absolute atomic E-state index is 0.405. The Labute approximate surface area is 136 Å². The van der Waals surface area contributed by atoms with Gasteiger partial charge < -0.3 is 19.9 Å². The number of ether oxygens (including phenoxy) is 2. The maximum absolute atomic E-state index is 11.5. The van der Waals surface area contributed by atoms with E-state index >= 15 is 0 Å². The second kappa shape index (κ2) is 10.3. The predicted octanol–water partition coefficient (Wildman–Crippen LogP) is 2.48. The molecule has 0 aliphatic rings. The predicted molar refractivity (Wildman–Crippen MR) is 87.7 cm³/mol. The summed E-state index contributed by atoms with van der Waals surface area (Å²) in [5.74, 6) is -0.253. The molecule has 0 fully saturated rings. The van der Waals surface area contributed by atoms with E-state index in [1.165, 1.54) is 6.08 Å². The highest BCUT2D eigenvalue weighted by Gasteiger charge is 2.06. The summed E-state index contributed by atoms with van der Waals surface area (Å²) in [6.07, 6.45) is 4.90. The molecule has 2 N–H and O–H groups in total. The summed E-state index contributed by atoms with van der Waals surface area (Å²) in [6, 6.07) is 5.39. The summed E-state index contributed by atoms with van der Waals surface area (Å²) in [7, 11) is 0. The Morgan fingerprint density at radius 3 is 2.65 bits per heavy atom. The van der Waals surface area contributed by atoms with Gasteiger partial charge in [0, 0.05) is 6.08 Å². The summed E-state index contributed by atoms with van der Waals surface area (Å²) >= 11 is 0. The molecule has 6 heteroatoms. The molecule has 0 heterocycles. The van der Waals surface area contributed by atoms with Crippen LogP contribution in [0.15, 0.2) is 24.3 Å². The van der Waals surface area contributed by atoms with Gasteiger partial charge in [0.1, 0.15) is 6.54 Å². The normalized spacial score (nSPS) is 10.5. The van der Waals surface area contributed by atoms with Crippen LogP contribution in [0, 0.1) is 0 Å². The van der Waals surface area contributed by atoms with Gasteiger partial charge in [-0.25, -0.2) is 0 Å². The van der Waals surface area contributed by atoms with E-state index in [1.54, 1.807) is 18.2 Å². The van der Waals surface area contributed by atoms with Gasteiger partial charge in [-0.3, -0.25) is 9.59 Å². The zero-order valence-electron chi connectivity index (χ0n) is 13.5. The van der Waals surface area contributed by atoms with Crippen molar-refractivity contribution in [1.82, 2.24) is 5.32 Å². The van der Waals surface area contributed by atoms with E-state index in [4.69, 9.17) is 14.6 Å². The van der Waals surface area contributed by atoms with Crippen LogP contribution in [-0.2, 0) is 9.59 Å². The van der Waals surface area contributed by atoms with Crippen molar-refractivity contribution < 1.29 is 24.2 Å². The van der Waals surface area contributed by atoms with Gasteiger partial charge in [0.05, 0.1) is 13.2 Å². The average molecular weight is 321 g/mol. The lowest BCUT2D eigenvalue weighted by Crippen LogP contribution is -2.27. The van der Waals surface area contributed by atoms with E-state index in [0.717, 1.165) is 18.4 Å². The third kappa shape index (κ3) is 7.35. The van der Waals surface area contributed by atoms with Crippen LogP contribution in [0.5, 0.6) is 11.5 Å². The first-order chi connectivity index (χ1) is 11.1. The van der Waals surface area contributed by atoms with Gasteiger partial charge in [0.2, 0.25) is 5.91 Å². The quantitative estimate of drug-likeness (QED) is 0.511. The van der Waals surface area contributed by atoms with Crippen LogP contribution in [0.3, 0.4) is 0 Å². The summed E-state index contributed by atoms with van der Waals surface area (Å²) in [5, 5.41) is 10.7. The molecular weight excluding hydrogens is 298 g/mol. The van der Waals surface area contributed by atoms with Crippen molar-refractivity contribution in [3.63, 3.8) is 0 Å². The van der Waals surface area contributed by atoms with E-state index in [1.807, 2.05) is 13.0 Å². The van der Waals surface area contributed by atoms with Crippen LogP contribution in [0.4, 0.5) is 0 Å². The monoisotopic (exact) mass is 321 g/mol. The van der Waals surface area contributed by atoms with Crippen molar-refractivity contribution in [2.75, 3.05) is 19.8 Å². The van der Waals surface area contributed by atoms with Crippen molar-refractivity contribution in [2.45, 2.75) is 26.7 Å². The Balaban J connectivity index is 2.73. The Kier molecular flexibility index (Phi) is 8.28. The lowest BCUT2D eigenvalue weighted by atomic mass is 10.2. The molecule has 0 saturated carbocycles. The number of benzene rings is 1. The molecule has 126 valence electrons. The van der Waals surface area contributed by atoms with Crippen LogP contribution in [0.2, 0.25) is 0 Å². The molecule has 0 aliphatic carbocycles. The topological polar surface area (TPSA) is 84.9 Å². The van der Waals surface area contributed by atoms with Gasteiger partial charge in [-0.05, 0) is 37.1 Å².